The Morgan fingerprint density at radius 2 is 2.00 bits per heavy atom. The molecule has 0 spiro atoms. The predicted molar refractivity (Wildman–Crippen MR) is 90.9 cm³/mol. The molecule has 1 aromatic carbocycles. The van der Waals surface area contributed by atoms with Crippen molar-refractivity contribution in [1.82, 2.24) is 4.90 Å². The normalized spacial score (nSPS) is 10.8. The van der Waals surface area contributed by atoms with E-state index in [0.29, 0.717) is 13.1 Å². The van der Waals surface area contributed by atoms with Crippen molar-refractivity contribution >= 4 is 40.9 Å². The van der Waals surface area contributed by atoms with Crippen LogP contribution in [0.5, 0.6) is 0 Å². The maximum absolute atomic E-state index is 12.3. The lowest BCUT2D eigenvalue weighted by atomic mass is 9.93. The maximum atomic E-state index is 12.3. The van der Waals surface area contributed by atoms with E-state index in [-0.39, 0.29) is 23.7 Å². The smallest absolute Gasteiger partial charge is 0.253 e. The third kappa shape index (κ3) is 5.28. The first kappa shape index (κ1) is 18.7. The van der Waals surface area contributed by atoms with E-state index >= 15 is 0 Å². The molecule has 0 heterocycles. The van der Waals surface area contributed by atoms with Crippen molar-refractivity contribution in [2.75, 3.05) is 20.1 Å². The van der Waals surface area contributed by atoms with Gasteiger partial charge in [-0.05, 0) is 59.2 Å². The topological polar surface area (TPSA) is 46.3 Å². The molecule has 0 radical (unpaired) electrons. The van der Waals surface area contributed by atoms with Crippen LogP contribution in [0.4, 0.5) is 0 Å². The quantitative estimate of drug-likeness (QED) is 0.795. The van der Waals surface area contributed by atoms with Gasteiger partial charge in [0.25, 0.3) is 5.91 Å². The van der Waals surface area contributed by atoms with Crippen LogP contribution in [-0.2, 0) is 0 Å². The van der Waals surface area contributed by atoms with E-state index in [4.69, 9.17) is 5.73 Å². The van der Waals surface area contributed by atoms with Crippen LogP contribution in [0.25, 0.3) is 0 Å². The molecule has 0 aliphatic carbocycles. The summed E-state index contributed by atoms with van der Waals surface area (Å²) in [5.74, 6) is 0.0504. The third-order valence-corrected chi connectivity index (χ3v) is 4.15. The Bertz CT molecular complexity index is 449. The first-order valence-corrected chi connectivity index (χ1v) is 7.06. The van der Waals surface area contributed by atoms with Gasteiger partial charge < -0.3 is 10.6 Å². The number of rotatable bonds is 4. The summed E-state index contributed by atoms with van der Waals surface area (Å²) in [5, 5.41) is 0. The number of hydrogen-bond acceptors (Lipinski definition) is 2. The first-order chi connectivity index (χ1) is 8.26. The number of carbonyl (C=O) groups is 1. The molecule has 0 bridgehead atoms. The maximum Gasteiger partial charge on any atom is 0.253 e. The molecule has 0 saturated carbocycles. The second-order valence-electron chi connectivity index (χ2n) is 5.49. The number of hydrogen-bond donors (Lipinski definition) is 1. The minimum absolute atomic E-state index is 0. The monoisotopic (exact) mass is 396 g/mol. The standard InChI is InChI=1S/C14H21IN2O.ClH/c1-10-5-6-11(7-12(10)15)13(18)17(4)9-14(2,3)8-16;/h5-7H,8-9,16H2,1-4H3;1H. The molecule has 108 valence electrons. The Labute approximate surface area is 135 Å². The zero-order valence-electron chi connectivity index (χ0n) is 11.9. The first-order valence-electron chi connectivity index (χ1n) is 5.98. The van der Waals surface area contributed by atoms with Crippen LogP contribution < -0.4 is 5.73 Å². The van der Waals surface area contributed by atoms with Crippen LogP contribution >= 0.6 is 35.0 Å². The molecule has 0 atom stereocenters. The molecule has 3 nitrogen and oxygen atoms in total. The van der Waals surface area contributed by atoms with E-state index in [1.807, 2.05) is 32.2 Å². The van der Waals surface area contributed by atoms with Gasteiger partial charge in [0.1, 0.15) is 0 Å². The van der Waals surface area contributed by atoms with Gasteiger partial charge in [-0.15, -0.1) is 12.4 Å². The molecule has 0 aromatic heterocycles. The Balaban J connectivity index is 0.00000324. The number of benzene rings is 1. The molecule has 0 unspecified atom stereocenters. The van der Waals surface area contributed by atoms with E-state index in [0.717, 1.165) is 9.13 Å². The Kier molecular flexibility index (Phi) is 7.32. The molecule has 1 rings (SSSR count). The van der Waals surface area contributed by atoms with Crippen LogP contribution in [0.3, 0.4) is 0 Å². The summed E-state index contributed by atoms with van der Waals surface area (Å²) >= 11 is 2.25. The van der Waals surface area contributed by atoms with Gasteiger partial charge in [0.05, 0.1) is 0 Å². The average Bonchev–Trinajstić information content (AvgIpc) is 2.31. The van der Waals surface area contributed by atoms with Gasteiger partial charge in [0.15, 0.2) is 0 Å². The number of nitrogens with two attached hydrogens (primary N) is 1. The summed E-state index contributed by atoms with van der Waals surface area (Å²) in [5.41, 5.74) is 7.57. The molecular weight excluding hydrogens is 375 g/mol. The van der Waals surface area contributed by atoms with Gasteiger partial charge >= 0.3 is 0 Å². The summed E-state index contributed by atoms with van der Waals surface area (Å²) < 4.78 is 1.12. The third-order valence-electron chi connectivity index (χ3n) is 2.98. The van der Waals surface area contributed by atoms with Crippen molar-refractivity contribution in [1.29, 1.82) is 0 Å². The molecule has 1 amide bonds. The Morgan fingerprint density at radius 3 is 2.47 bits per heavy atom. The van der Waals surface area contributed by atoms with E-state index in [1.165, 1.54) is 5.56 Å². The Hall–Kier alpha value is -0.330. The lowest BCUT2D eigenvalue weighted by Crippen LogP contribution is -2.39. The van der Waals surface area contributed by atoms with Crippen LogP contribution in [0.15, 0.2) is 18.2 Å². The van der Waals surface area contributed by atoms with Gasteiger partial charge in [-0.1, -0.05) is 19.9 Å². The number of amides is 1. The Morgan fingerprint density at radius 1 is 1.42 bits per heavy atom. The molecule has 0 aliphatic rings. The average molecular weight is 397 g/mol. The van der Waals surface area contributed by atoms with Crippen molar-refractivity contribution in [3.8, 4) is 0 Å². The van der Waals surface area contributed by atoms with Crippen LogP contribution in [0, 0.1) is 15.9 Å². The van der Waals surface area contributed by atoms with Crippen LogP contribution in [-0.4, -0.2) is 30.9 Å². The predicted octanol–water partition coefficient (Wildman–Crippen LogP) is 3.08. The number of nitrogens with zero attached hydrogens (tertiary/aromatic N) is 1. The molecule has 1 aromatic rings. The number of aryl methyl sites for hydroxylation is 1. The highest BCUT2D eigenvalue weighted by Gasteiger charge is 2.22. The molecular formula is C14H22ClIN2O. The number of halogens is 2. The SMILES string of the molecule is Cc1ccc(C(=O)N(C)CC(C)(C)CN)cc1I.Cl. The summed E-state index contributed by atoms with van der Waals surface area (Å²) in [7, 11) is 1.83. The van der Waals surface area contributed by atoms with Crippen molar-refractivity contribution < 1.29 is 4.79 Å². The highest BCUT2D eigenvalue weighted by molar-refractivity contribution is 14.1. The van der Waals surface area contributed by atoms with Crippen LogP contribution in [0.1, 0.15) is 29.8 Å². The van der Waals surface area contributed by atoms with Gasteiger partial charge in [-0.3, -0.25) is 4.79 Å². The summed E-state index contributed by atoms with van der Waals surface area (Å²) in [6, 6.07) is 5.80. The second-order valence-corrected chi connectivity index (χ2v) is 6.66. The van der Waals surface area contributed by atoms with Crippen molar-refractivity contribution in [2.24, 2.45) is 11.1 Å². The van der Waals surface area contributed by atoms with Gasteiger partial charge in [-0.2, -0.15) is 0 Å². The van der Waals surface area contributed by atoms with Gasteiger partial charge in [0.2, 0.25) is 0 Å². The fourth-order valence-corrected chi connectivity index (χ4v) is 2.24. The van der Waals surface area contributed by atoms with Gasteiger partial charge in [0, 0.05) is 22.7 Å². The van der Waals surface area contributed by atoms with E-state index in [2.05, 4.69) is 36.4 Å². The highest BCUT2D eigenvalue weighted by Crippen LogP contribution is 2.18. The molecule has 19 heavy (non-hydrogen) atoms. The summed E-state index contributed by atoms with van der Waals surface area (Å²) in [6.45, 7) is 7.39. The molecule has 0 fully saturated rings. The zero-order valence-corrected chi connectivity index (χ0v) is 14.8. The number of carbonyl (C=O) groups excluding carboxylic acids is 1. The van der Waals surface area contributed by atoms with E-state index in [9.17, 15) is 4.79 Å². The molecule has 0 saturated heterocycles. The summed E-state index contributed by atoms with van der Waals surface area (Å²) in [4.78, 5) is 14.0. The molecule has 0 aliphatic heterocycles. The van der Waals surface area contributed by atoms with Crippen molar-refractivity contribution in [3.63, 3.8) is 0 Å². The minimum Gasteiger partial charge on any atom is -0.341 e. The van der Waals surface area contributed by atoms with Crippen molar-refractivity contribution in [3.05, 3.63) is 32.9 Å². The fraction of sp³-hybridized carbons (Fsp3) is 0.500. The largest absolute Gasteiger partial charge is 0.341 e. The van der Waals surface area contributed by atoms with E-state index in [1.54, 1.807) is 4.90 Å². The lowest BCUT2D eigenvalue weighted by molar-refractivity contribution is 0.0740. The molecule has 5 heteroatoms. The lowest BCUT2D eigenvalue weighted by Gasteiger charge is -2.29. The minimum atomic E-state index is -0.0533. The van der Waals surface area contributed by atoms with Crippen LogP contribution in [0.2, 0.25) is 0 Å². The van der Waals surface area contributed by atoms with Crippen molar-refractivity contribution in [2.45, 2.75) is 20.8 Å². The second kappa shape index (κ2) is 7.45. The van der Waals surface area contributed by atoms with E-state index < -0.39 is 0 Å². The summed E-state index contributed by atoms with van der Waals surface area (Å²) in [6.07, 6.45) is 0. The highest BCUT2D eigenvalue weighted by atomic mass is 127. The molecule has 2 N–H and O–H groups in total. The fourth-order valence-electron chi connectivity index (χ4n) is 1.72. The zero-order chi connectivity index (χ0) is 13.9. The van der Waals surface area contributed by atoms with Gasteiger partial charge in [-0.25, -0.2) is 0 Å².